The maximum atomic E-state index is 13.2. The predicted octanol–water partition coefficient (Wildman–Crippen LogP) is 4.83. The molecule has 184 valence electrons. The van der Waals surface area contributed by atoms with Crippen molar-refractivity contribution in [2.24, 2.45) is 0 Å². The first kappa shape index (κ1) is 24.9. The van der Waals surface area contributed by atoms with Gasteiger partial charge in [-0.2, -0.15) is 0 Å². The molecule has 1 atom stereocenters. The molecular formula is C29H28N2O5. The van der Waals surface area contributed by atoms with Crippen LogP contribution in [0.4, 0.5) is 0 Å². The minimum absolute atomic E-state index is 0.0226. The number of pyridine rings is 1. The van der Waals surface area contributed by atoms with Crippen molar-refractivity contribution in [3.8, 4) is 0 Å². The highest BCUT2D eigenvalue weighted by atomic mass is 16.5. The molecule has 0 spiro atoms. The molecule has 0 radical (unpaired) electrons. The van der Waals surface area contributed by atoms with Gasteiger partial charge in [-0.05, 0) is 55.2 Å². The molecule has 1 unspecified atom stereocenters. The van der Waals surface area contributed by atoms with E-state index in [0.29, 0.717) is 16.7 Å². The lowest BCUT2D eigenvalue weighted by atomic mass is 9.95. The second-order valence-electron chi connectivity index (χ2n) is 8.91. The zero-order chi connectivity index (χ0) is 25.8. The van der Waals surface area contributed by atoms with Gasteiger partial charge in [0.2, 0.25) is 0 Å². The average molecular weight is 485 g/mol. The number of carbonyl (C=O) groups is 3. The summed E-state index contributed by atoms with van der Waals surface area (Å²) in [6.07, 6.45) is 3.80. The average Bonchev–Trinajstić information content (AvgIpc) is 3.13. The number of benzene rings is 2. The van der Waals surface area contributed by atoms with Crippen molar-refractivity contribution in [3.63, 3.8) is 0 Å². The summed E-state index contributed by atoms with van der Waals surface area (Å²) in [5.41, 5.74) is 3.31. The van der Waals surface area contributed by atoms with Crippen molar-refractivity contribution >= 4 is 23.4 Å². The van der Waals surface area contributed by atoms with E-state index in [1.165, 1.54) is 4.90 Å². The van der Waals surface area contributed by atoms with E-state index in [4.69, 9.17) is 4.74 Å². The maximum Gasteiger partial charge on any atom is 0.338 e. The normalized spacial score (nSPS) is 17.0. The summed E-state index contributed by atoms with van der Waals surface area (Å²) in [4.78, 5) is 44.1. The van der Waals surface area contributed by atoms with Gasteiger partial charge < -0.3 is 14.7 Å². The number of Topliss-reactive ketones (excluding diaryl/α,β-unsaturated/α-hetero) is 1. The van der Waals surface area contributed by atoms with E-state index in [1.54, 1.807) is 74.8 Å². The Labute approximate surface area is 210 Å². The number of rotatable bonds is 7. The molecule has 1 aliphatic rings. The molecule has 1 N–H and O–H groups in total. The van der Waals surface area contributed by atoms with Gasteiger partial charge in [-0.3, -0.25) is 14.6 Å². The van der Waals surface area contributed by atoms with Crippen LogP contribution in [0, 0.1) is 0 Å². The van der Waals surface area contributed by atoms with Gasteiger partial charge in [-0.1, -0.05) is 49.4 Å². The standard InChI is InChI=1S/C29H28N2O5/c1-4-19-7-11-21(12-8-19)26(32)24-25(23-6-5-15-30-16-23)31(28(34)27(24)33)17-20-9-13-22(14-10-20)29(35)36-18(2)3/h5-16,18,25,32H,4,17H2,1-3H3/b26-24+. The Morgan fingerprint density at radius 1 is 1.00 bits per heavy atom. The van der Waals surface area contributed by atoms with Crippen LogP contribution in [0.3, 0.4) is 0 Å². The minimum atomic E-state index is -0.810. The Morgan fingerprint density at radius 3 is 2.22 bits per heavy atom. The van der Waals surface area contributed by atoms with Gasteiger partial charge >= 0.3 is 5.97 Å². The number of carbonyl (C=O) groups excluding carboxylic acids is 3. The second kappa shape index (κ2) is 10.6. The number of aliphatic hydroxyl groups is 1. The van der Waals surface area contributed by atoms with Crippen LogP contribution in [0.5, 0.6) is 0 Å². The van der Waals surface area contributed by atoms with Gasteiger partial charge in [-0.25, -0.2) is 4.79 Å². The SMILES string of the molecule is CCc1ccc(/C(O)=C2\C(=O)C(=O)N(Cc3ccc(C(=O)OC(C)C)cc3)C2c2cccnc2)cc1. The Morgan fingerprint density at radius 2 is 1.64 bits per heavy atom. The largest absolute Gasteiger partial charge is 0.507 e. The summed E-state index contributed by atoms with van der Waals surface area (Å²) < 4.78 is 5.22. The number of hydrogen-bond acceptors (Lipinski definition) is 6. The lowest BCUT2D eigenvalue weighted by Gasteiger charge is -2.25. The Bertz CT molecular complexity index is 1300. The highest BCUT2D eigenvalue weighted by Gasteiger charge is 2.46. The fraction of sp³-hybridized carbons (Fsp3) is 0.241. The highest BCUT2D eigenvalue weighted by Crippen LogP contribution is 2.40. The van der Waals surface area contributed by atoms with Crippen LogP contribution < -0.4 is 0 Å². The van der Waals surface area contributed by atoms with E-state index in [0.717, 1.165) is 17.5 Å². The van der Waals surface area contributed by atoms with Crippen LogP contribution in [0.25, 0.3) is 5.76 Å². The molecule has 0 bridgehead atoms. The molecule has 2 aromatic carbocycles. The lowest BCUT2D eigenvalue weighted by molar-refractivity contribution is -0.140. The topological polar surface area (TPSA) is 96.8 Å². The summed E-state index contributed by atoms with van der Waals surface area (Å²) in [6, 6.07) is 16.7. The molecule has 0 aliphatic carbocycles. The van der Waals surface area contributed by atoms with Gasteiger partial charge in [0.1, 0.15) is 5.76 Å². The second-order valence-corrected chi connectivity index (χ2v) is 8.91. The highest BCUT2D eigenvalue weighted by molar-refractivity contribution is 6.46. The fourth-order valence-corrected chi connectivity index (χ4v) is 4.21. The van der Waals surface area contributed by atoms with Crippen LogP contribution in [0.1, 0.15) is 59.4 Å². The third-order valence-electron chi connectivity index (χ3n) is 6.06. The number of aromatic nitrogens is 1. The fourth-order valence-electron chi connectivity index (χ4n) is 4.21. The van der Waals surface area contributed by atoms with Gasteiger partial charge in [-0.15, -0.1) is 0 Å². The molecule has 4 rings (SSSR count). The monoisotopic (exact) mass is 484 g/mol. The molecule has 1 fully saturated rings. The van der Waals surface area contributed by atoms with Gasteiger partial charge in [0.25, 0.3) is 11.7 Å². The van der Waals surface area contributed by atoms with Crippen molar-refractivity contribution in [1.29, 1.82) is 0 Å². The first-order chi connectivity index (χ1) is 17.3. The molecule has 1 aliphatic heterocycles. The number of aryl methyl sites for hydroxylation is 1. The molecular weight excluding hydrogens is 456 g/mol. The third-order valence-corrected chi connectivity index (χ3v) is 6.06. The summed E-state index contributed by atoms with van der Waals surface area (Å²) >= 11 is 0. The zero-order valence-corrected chi connectivity index (χ0v) is 20.5. The van der Waals surface area contributed by atoms with E-state index in [9.17, 15) is 19.5 Å². The van der Waals surface area contributed by atoms with Crippen molar-refractivity contribution in [2.45, 2.75) is 45.9 Å². The van der Waals surface area contributed by atoms with Gasteiger partial charge in [0, 0.05) is 24.5 Å². The van der Waals surface area contributed by atoms with E-state index in [1.807, 2.05) is 19.1 Å². The number of nitrogens with zero attached hydrogens (tertiary/aromatic N) is 2. The van der Waals surface area contributed by atoms with Crippen LogP contribution in [0.15, 0.2) is 78.6 Å². The molecule has 7 heteroatoms. The number of esters is 1. The smallest absolute Gasteiger partial charge is 0.338 e. The van der Waals surface area contributed by atoms with E-state index < -0.39 is 23.7 Å². The van der Waals surface area contributed by atoms with Crippen molar-refractivity contribution in [1.82, 2.24) is 9.88 Å². The van der Waals surface area contributed by atoms with Crippen LogP contribution in [-0.2, 0) is 27.3 Å². The number of likely N-dealkylation sites (tertiary alicyclic amines) is 1. The predicted molar refractivity (Wildman–Crippen MR) is 135 cm³/mol. The Kier molecular flexibility index (Phi) is 7.29. The van der Waals surface area contributed by atoms with Crippen LogP contribution in [-0.4, -0.2) is 38.8 Å². The van der Waals surface area contributed by atoms with E-state index >= 15 is 0 Å². The van der Waals surface area contributed by atoms with E-state index in [2.05, 4.69) is 4.98 Å². The number of aliphatic hydroxyl groups excluding tert-OH is 1. The summed E-state index contributed by atoms with van der Waals surface area (Å²) in [7, 11) is 0. The third kappa shape index (κ3) is 5.05. The first-order valence-corrected chi connectivity index (χ1v) is 11.9. The molecule has 0 saturated carbocycles. The minimum Gasteiger partial charge on any atom is -0.507 e. The molecule has 1 aromatic heterocycles. The summed E-state index contributed by atoms with van der Waals surface area (Å²) in [6.45, 7) is 5.69. The Hall–Kier alpha value is -4.26. The van der Waals surface area contributed by atoms with Gasteiger partial charge in [0.15, 0.2) is 0 Å². The van der Waals surface area contributed by atoms with Gasteiger partial charge in [0.05, 0.1) is 23.3 Å². The molecule has 7 nitrogen and oxygen atoms in total. The van der Waals surface area contributed by atoms with E-state index in [-0.39, 0.29) is 24.0 Å². The van der Waals surface area contributed by atoms with Crippen molar-refractivity contribution < 1.29 is 24.2 Å². The quantitative estimate of drug-likeness (QED) is 0.223. The van der Waals surface area contributed by atoms with Crippen LogP contribution >= 0.6 is 0 Å². The lowest BCUT2D eigenvalue weighted by Crippen LogP contribution is -2.29. The van der Waals surface area contributed by atoms with Crippen LogP contribution in [0.2, 0.25) is 0 Å². The summed E-state index contributed by atoms with van der Waals surface area (Å²) in [5.74, 6) is -2.11. The number of amides is 1. The summed E-state index contributed by atoms with van der Waals surface area (Å²) in [5, 5.41) is 11.2. The maximum absolute atomic E-state index is 13.2. The van der Waals surface area contributed by atoms with Crippen molar-refractivity contribution in [3.05, 3.63) is 106 Å². The number of ketones is 1. The molecule has 3 aromatic rings. The molecule has 1 amide bonds. The number of ether oxygens (including phenoxy) is 1. The first-order valence-electron chi connectivity index (χ1n) is 11.9. The number of hydrogen-bond donors (Lipinski definition) is 1. The molecule has 1 saturated heterocycles. The zero-order valence-electron chi connectivity index (χ0n) is 20.5. The van der Waals surface area contributed by atoms with Crippen molar-refractivity contribution in [2.75, 3.05) is 0 Å². The molecule has 2 heterocycles. The molecule has 36 heavy (non-hydrogen) atoms. The Balaban J connectivity index is 1.71.